The second kappa shape index (κ2) is 6.06. The van der Waals surface area contributed by atoms with E-state index in [0.717, 1.165) is 6.54 Å². The number of hydrogen-bond donors (Lipinski definition) is 1. The normalized spacial score (nSPS) is 24.2. The topological polar surface area (TPSA) is 15.3 Å². The lowest BCUT2D eigenvalue weighted by atomic mass is 9.86. The molecule has 0 radical (unpaired) electrons. The van der Waals surface area contributed by atoms with Gasteiger partial charge in [-0.15, -0.1) is 0 Å². The summed E-state index contributed by atoms with van der Waals surface area (Å²) in [5.74, 6) is 0. The quantitative estimate of drug-likeness (QED) is 0.895. The molecule has 1 heterocycles. The van der Waals surface area contributed by atoms with E-state index >= 15 is 0 Å². The zero-order valence-corrected chi connectivity index (χ0v) is 12.1. The lowest BCUT2D eigenvalue weighted by Gasteiger charge is -2.28. The molecule has 1 unspecified atom stereocenters. The third kappa shape index (κ3) is 3.01. The molecule has 2 nitrogen and oxygen atoms in total. The van der Waals surface area contributed by atoms with Crippen LogP contribution in [0.15, 0.2) is 18.2 Å². The molecule has 2 aliphatic rings. The summed E-state index contributed by atoms with van der Waals surface area (Å²) in [6, 6.07) is 7.76. The minimum atomic E-state index is 0.577. The van der Waals surface area contributed by atoms with Gasteiger partial charge >= 0.3 is 0 Å². The van der Waals surface area contributed by atoms with Gasteiger partial charge in [0, 0.05) is 12.6 Å². The van der Waals surface area contributed by atoms with Crippen LogP contribution in [0.1, 0.15) is 54.8 Å². The molecule has 1 atom stereocenters. The highest BCUT2D eigenvalue weighted by Gasteiger charge is 2.19. The van der Waals surface area contributed by atoms with Crippen LogP contribution in [0, 0.1) is 0 Å². The van der Waals surface area contributed by atoms with Crippen LogP contribution in [-0.2, 0) is 13.0 Å². The smallest absolute Gasteiger partial charge is 0.0320 e. The summed E-state index contributed by atoms with van der Waals surface area (Å²) in [6.07, 6.45) is 8.06. The largest absolute Gasteiger partial charge is 0.313 e. The summed E-state index contributed by atoms with van der Waals surface area (Å²) in [6.45, 7) is 3.73. The van der Waals surface area contributed by atoms with Crippen LogP contribution >= 0.6 is 0 Å². The average Bonchev–Trinajstić information content (AvgIpc) is 2.47. The van der Waals surface area contributed by atoms with Crippen molar-refractivity contribution in [3.8, 4) is 0 Å². The van der Waals surface area contributed by atoms with Gasteiger partial charge in [-0.25, -0.2) is 0 Å². The molecule has 1 aliphatic carbocycles. The van der Waals surface area contributed by atoms with Gasteiger partial charge in [0.1, 0.15) is 0 Å². The van der Waals surface area contributed by atoms with Crippen LogP contribution in [0.25, 0.3) is 0 Å². The maximum absolute atomic E-state index is 3.45. The van der Waals surface area contributed by atoms with Gasteiger partial charge in [0.2, 0.25) is 0 Å². The van der Waals surface area contributed by atoms with E-state index in [1.165, 1.54) is 62.7 Å². The molecular weight excluding hydrogens is 232 g/mol. The fourth-order valence-corrected chi connectivity index (χ4v) is 3.64. The first-order valence-electron chi connectivity index (χ1n) is 7.88. The van der Waals surface area contributed by atoms with Crippen LogP contribution in [0.4, 0.5) is 0 Å². The van der Waals surface area contributed by atoms with E-state index in [4.69, 9.17) is 0 Å². The van der Waals surface area contributed by atoms with Crippen molar-refractivity contribution in [2.75, 3.05) is 20.1 Å². The Morgan fingerprint density at radius 3 is 2.79 bits per heavy atom. The van der Waals surface area contributed by atoms with Gasteiger partial charge in [-0.05, 0) is 68.9 Å². The summed E-state index contributed by atoms with van der Waals surface area (Å²) in [5.41, 5.74) is 4.63. The Labute approximate surface area is 117 Å². The molecule has 1 fully saturated rings. The predicted octanol–water partition coefficient (Wildman–Crippen LogP) is 3.27. The number of piperidine rings is 1. The molecule has 1 saturated heterocycles. The fourth-order valence-electron chi connectivity index (χ4n) is 3.64. The third-order valence-electron chi connectivity index (χ3n) is 4.73. The van der Waals surface area contributed by atoms with E-state index in [9.17, 15) is 0 Å². The number of benzene rings is 1. The van der Waals surface area contributed by atoms with Crippen molar-refractivity contribution in [3.05, 3.63) is 34.9 Å². The number of likely N-dealkylation sites (tertiary alicyclic amines) is 1. The lowest BCUT2D eigenvalue weighted by Crippen LogP contribution is -2.29. The van der Waals surface area contributed by atoms with Crippen molar-refractivity contribution in [2.45, 2.75) is 51.1 Å². The highest BCUT2D eigenvalue weighted by molar-refractivity contribution is 5.36. The van der Waals surface area contributed by atoms with Crippen molar-refractivity contribution >= 4 is 0 Å². The minimum Gasteiger partial charge on any atom is -0.313 e. The Morgan fingerprint density at radius 2 is 2.00 bits per heavy atom. The maximum atomic E-state index is 3.45. The van der Waals surface area contributed by atoms with E-state index in [1.54, 1.807) is 5.56 Å². The summed E-state index contributed by atoms with van der Waals surface area (Å²) in [5, 5.41) is 3.45. The second-order valence-electron chi connectivity index (χ2n) is 6.10. The molecule has 19 heavy (non-hydrogen) atoms. The monoisotopic (exact) mass is 258 g/mol. The Balaban J connectivity index is 1.73. The number of aryl methyl sites for hydroxylation is 1. The molecule has 104 valence electrons. The van der Waals surface area contributed by atoms with Gasteiger partial charge in [-0.1, -0.05) is 24.6 Å². The Morgan fingerprint density at radius 1 is 1.16 bits per heavy atom. The Hall–Kier alpha value is -0.860. The van der Waals surface area contributed by atoms with Gasteiger partial charge < -0.3 is 5.32 Å². The van der Waals surface area contributed by atoms with Gasteiger partial charge in [0.05, 0.1) is 0 Å². The van der Waals surface area contributed by atoms with Crippen LogP contribution in [0.3, 0.4) is 0 Å². The third-order valence-corrected chi connectivity index (χ3v) is 4.73. The van der Waals surface area contributed by atoms with Gasteiger partial charge in [-0.2, -0.15) is 0 Å². The van der Waals surface area contributed by atoms with E-state index < -0.39 is 0 Å². The first-order valence-corrected chi connectivity index (χ1v) is 7.88. The predicted molar refractivity (Wildman–Crippen MR) is 80.3 cm³/mol. The molecule has 0 saturated carbocycles. The van der Waals surface area contributed by atoms with Crippen molar-refractivity contribution in [2.24, 2.45) is 0 Å². The molecule has 1 aromatic rings. The molecule has 2 heteroatoms. The van der Waals surface area contributed by atoms with Gasteiger partial charge in [-0.3, -0.25) is 4.90 Å². The number of hydrogen-bond acceptors (Lipinski definition) is 2. The van der Waals surface area contributed by atoms with E-state index in [-0.39, 0.29) is 0 Å². The van der Waals surface area contributed by atoms with E-state index in [2.05, 4.69) is 35.5 Å². The van der Waals surface area contributed by atoms with Crippen LogP contribution in [0.5, 0.6) is 0 Å². The summed E-state index contributed by atoms with van der Waals surface area (Å²) >= 11 is 0. The van der Waals surface area contributed by atoms with Crippen LogP contribution in [0.2, 0.25) is 0 Å². The zero-order valence-electron chi connectivity index (χ0n) is 12.1. The molecular formula is C17H26N2. The Bertz CT molecular complexity index is 421. The second-order valence-corrected chi connectivity index (χ2v) is 6.10. The molecule has 3 rings (SSSR count). The van der Waals surface area contributed by atoms with E-state index in [1.807, 2.05) is 0 Å². The highest BCUT2D eigenvalue weighted by atomic mass is 15.1. The summed E-state index contributed by atoms with van der Waals surface area (Å²) < 4.78 is 0. The number of fused-ring (bicyclic) bond motifs is 1. The minimum absolute atomic E-state index is 0.577. The first kappa shape index (κ1) is 13.1. The number of nitrogens with zero attached hydrogens (tertiary/aromatic N) is 1. The number of nitrogens with one attached hydrogen (secondary N) is 1. The first-order chi connectivity index (χ1) is 9.36. The van der Waals surface area contributed by atoms with Crippen molar-refractivity contribution < 1.29 is 0 Å². The van der Waals surface area contributed by atoms with Crippen LogP contribution in [-0.4, -0.2) is 25.0 Å². The Kier molecular flexibility index (Phi) is 4.19. The summed E-state index contributed by atoms with van der Waals surface area (Å²) in [4.78, 5) is 2.61. The number of rotatable bonds is 3. The molecule has 1 aromatic carbocycles. The molecule has 0 spiro atoms. The van der Waals surface area contributed by atoms with Crippen molar-refractivity contribution in [1.29, 1.82) is 0 Å². The zero-order chi connectivity index (χ0) is 13.1. The van der Waals surface area contributed by atoms with Crippen LogP contribution < -0.4 is 5.32 Å². The molecule has 1 aliphatic heterocycles. The molecule has 0 aromatic heterocycles. The maximum Gasteiger partial charge on any atom is 0.0320 e. The summed E-state index contributed by atoms with van der Waals surface area (Å²) in [7, 11) is 2.08. The van der Waals surface area contributed by atoms with E-state index in [0.29, 0.717) is 6.04 Å². The molecule has 0 amide bonds. The van der Waals surface area contributed by atoms with Gasteiger partial charge in [0.25, 0.3) is 0 Å². The standard InChI is InChI=1S/C17H26N2/c1-18-17-7-5-6-15-12-14(8-9-16(15)17)13-19-10-3-2-4-11-19/h8-9,12,17-18H,2-7,10-11,13H2,1H3. The molecule has 0 bridgehead atoms. The van der Waals surface area contributed by atoms with Crippen molar-refractivity contribution in [1.82, 2.24) is 10.2 Å². The SMILES string of the molecule is CNC1CCCc2cc(CN3CCCCC3)ccc21. The van der Waals surface area contributed by atoms with Crippen molar-refractivity contribution in [3.63, 3.8) is 0 Å². The van der Waals surface area contributed by atoms with Gasteiger partial charge in [0.15, 0.2) is 0 Å². The average molecular weight is 258 g/mol. The lowest BCUT2D eigenvalue weighted by molar-refractivity contribution is 0.221. The fraction of sp³-hybridized carbons (Fsp3) is 0.647. The molecule has 1 N–H and O–H groups in total. The highest BCUT2D eigenvalue weighted by Crippen LogP contribution is 2.30.